The van der Waals surface area contributed by atoms with Gasteiger partial charge < -0.3 is 5.32 Å². The van der Waals surface area contributed by atoms with Crippen molar-refractivity contribution in [2.45, 2.75) is 45.7 Å². The van der Waals surface area contributed by atoms with Crippen LogP contribution in [0.1, 0.15) is 51.4 Å². The van der Waals surface area contributed by atoms with Gasteiger partial charge in [-0.15, -0.1) is 0 Å². The summed E-state index contributed by atoms with van der Waals surface area (Å²) < 4.78 is 26.6. The van der Waals surface area contributed by atoms with E-state index in [0.29, 0.717) is 5.75 Å². The van der Waals surface area contributed by atoms with Gasteiger partial charge >= 0.3 is 0 Å². The molecule has 1 fully saturated rings. The average Bonchev–Trinajstić information content (AvgIpc) is 2.94. The number of hydrogen-bond donors (Lipinski definition) is 1. The third-order valence-electron chi connectivity index (χ3n) is 3.92. The van der Waals surface area contributed by atoms with Gasteiger partial charge in [0.05, 0.1) is 33.9 Å². The molecule has 0 saturated carbocycles. The molecule has 1 aliphatic rings. The zero-order valence-electron chi connectivity index (χ0n) is 12.8. The van der Waals surface area contributed by atoms with E-state index in [-0.39, 0.29) is 23.8 Å². The Morgan fingerprint density at radius 3 is 2.76 bits per heavy atom. The summed E-state index contributed by atoms with van der Waals surface area (Å²) in [6, 6.07) is 0.275. The Bertz CT molecular complexity index is 583. The highest BCUT2D eigenvalue weighted by Gasteiger charge is 2.36. The second kappa shape index (κ2) is 6.79. The van der Waals surface area contributed by atoms with Gasteiger partial charge in [0.25, 0.3) is 0 Å². The third-order valence-corrected chi connectivity index (χ3v) is 6.33. The van der Waals surface area contributed by atoms with Crippen LogP contribution in [0.25, 0.3) is 0 Å². The highest BCUT2D eigenvalue weighted by Crippen LogP contribution is 2.36. The largest absolute Gasteiger partial charge is 0.308 e. The van der Waals surface area contributed by atoms with Gasteiger partial charge in [-0.1, -0.05) is 6.92 Å². The summed E-state index contributed by atoms with van der Waals surface area (Å²) in [5, 5.41) is 7.96. The van der Waals surface area contributed by atoms with Crippen LogP contribution in [-0.2, 0) is 9.84 Å². The molecule has 7 heteroatoms. The lowest BCUT2D eigenvalue weighted by atomic mass is 9.95. The first-order valence-electron chi connectivity index (χ1n) is 7.52. The molecule has 1 aromatic rings. The highest BCUT2D eigenvalue weighted by atomic mass is 79.9. The Morgan fingerprint density at radius 1 is 1.52 bits per heavy atom. The topological polar surface area (TPSA) is 64.0 Å². The number of nitrogens with zero attached hydrogens (tertiary/aromatic N) is 2. The lowest BCUT2D eigenvalue weighted by Gasteiger charge is -2.26. The molecule has 0 bridgehead atoms. The number of aromatic nitrogens is 2. The van der Waals surface area contributed by atoms with Gasteiger partial charge in [0, 0.05) is 6.04 Å². The van der Waals surface area contributed by atoms with Crippen molar-refractivity contribution in [2.75, 3.05) is 18.1 Å². The van der Waals surface area contributed by atoms with Crippen molar-refractivity contribution in [3.8, 4) is 0 Å². The lowest BCUT2D eigenvalue weighted by Crippen LogP contribution is -2.32. The molecule has 0 radical (unpaired) electrons. The zero-order valence-corrected chi connectivity index (χ0v) is 15.2. The Hall–Kier alpha value is -0.400. The summed E-state index contributed by atoms with van der Waals surface area (Å²) in [5.74, 6) is 0.687. The van der Waals surface area contributed by atoms with Gasteiger partial charge in [-0.25, -0.2) is 8.42 Å². The summed E-state index contributed by atoms with van der Waals surface area (Å²) in [6.45, 7) is 7.16. The van der Waals surface area contributed by atoms with E-state index in [0.717, 1.165) is 29.6 Å². The van der Waals surface area contributed by atoms with Gasteiger partial charge in [-0.05, 0) is 55.1 Å². The summed E-state index contributed by atoms with van der Waals surface area (Å²) in [5.41, 5.74) is 1.07. The van der Waals surface area contributed by atoms with E-state index in [4.69, 9.17) is 0 Å². The van der Waals surface area contributed by atoms with Gasteiger partial charge in [0.2, 0.25) is 0 Å². The molecule has 1 N–H and O–H groups in total. The van der Waals surface area contributed by atoms with Crippen LogP contribution in [0.4, 0.5) is 0 Å². The minimum atomic E-state index is -2.89. The van der Waals surface area contributed by atoms with E-state index in [1.54, 1.807) is 6.20 Å². The van der Waals surface area contributed by atoms with E-state index in [1.165, 1.54) is 0 Å². The average molecular weight is 378 g/mol. The molecule has 2 rings (SSSR count). The molecule has 1 saturated heterocycles. The van der Waals surface area contributed by atoms with Gasteiger partial charge in [0.1, 0.15) is 0 Å². The van der Waals surface area contributed by atoms with Crippen molar-refractivity contribution in [2.24, 2.45) is 5.92 Å². The van der Waals surface area contributed by atoms with Crippen LogP contribution in [0.15, 0.2) is 10.7 Å². The molecule has 1 aromatic heterocycles. The van der Waals surface area contributed by atoms with Crippen LogP contribution in [0.5, 0.6) is 0 Å². The highest BCUT2D eigenvalue weighted by molar-refractivity contribution is 9.10. The van der Waals surface area contributed by atoms with Crippen molar-refractivity contribution in [1.29, 1.82) is 0 Å². The van der Waals surface area contributed by atoms with Crippen LogP contribution in [-0.4, -0.2) is 36.2 Å². The number of rotatable bonds is 6. The molecule has 0 spiro atoms. The molecule has 2 heterocycles. The smallest absolute Gasteiger partial charge is 0.150 e. The monoisotopic (exact) mass is 377 g/mol. The molecule has 2 atom stereocenters. The van der Waals surface area contributed by atoms with Crippen molar-refractivity contribution < 1.29 is 8.42 Å². The number of sulfone groups is 1. The van der Waals surface area contributed by atoms with Crippen LogP contribution < -0.4 is 5.32 Å². The predicted octanol–water partition coefficient (Wildman–Crippen LogP) is 2.70. The fraction of sp³-hybridized carbons (Fsp3) is 0.786. The van der Waals surface area contributed by atoms with Gasteiger partial charge in [-0.3, -0.25) is 4.68 Å². The van der Waals surface area contributed by atoms with E-state index in [9.17, 15) is 8.42 Å². The number of halogens is 1. The fourth-order valence-electron chi connectivity index (χ4n) is 2.93. The Balaban J connectivity index is 2.34. The van der Waals surface area contributed by atoms with Crippen molar-refractivity contribution in [3.05, 3.63) is 16.4 Å². The normalized spacial score (nSPS) is 22.8. The molecular formula is C14H24BrN3O2S. The van der Waals surface area contributed by atoms with Crippen LogP contribution in [0.3, 0.4) is 0 Å². The molecule has 0 amide bonds. The van der Waals surface area contributed by atoms with E-state index in [1.807, 2.05) is 4.68 Å². The first kappa shape index (κ1) is 17.0. The van der Waals surface area contributed by atoms with E-state index < -0.39 is 9.84 Å². The van der Waals surface area contributed by atoms with Crippen molar-refractivity contribution >= 4 is 25.8 Å². The standard InChI is InChI=1S/C14H24BrN3O2S/c1-4-6-16-13(11-5-7-21(19,20)9-11)14-12(15)8-17-18(14)10(2)3/h8,10-11,13,16H,4-7,9H2,1-3H3. The van der Waals surface area contributed by atoms with Crippen LogP contribution in [0.2, 0.25) is 0 Å². The van der Waals surface area contributed by atoms with Gasteiger partial charge in [-0.2, -0.15) is 5.10 Å². The van der Waals surface area contributed by atoms with Gasteiger partial charge in [0.15, 0.2) is 9.84 Å². The van der Waals surface area contributed by atoms with Crippen molar-refractivity contribution in [1.82, 2.24) is 15.1 Å². The Labute approximate surface area is 135 Å². The summed E-state index contributed by atoms with van der Waals surface area (Å²) in [7, 11) is -2.89. The van der Waals surface area contributed by atoms with E-state index >= 15 is 0 Å². The summed E-state index contributed by atoms with van der Waals surface area (Å²) in [6.07, 6.45) is 3.54. The molecule has 2 unspecified atom stereocenters. The zero-order chi connectivity index (χ0) is 15.6. The molecular weight excluding hydrogens is 354 g/mol. The molecule has 21 heavy (non-hydrogen) atoms. The molecule has 120 valence electrons. The first-order valence-corrected chi connectivity index (χ1v) is 10.1. The summed E-state index contributed by atoms with van der Waals surface area (Å²) in [4.78, 5) is 0. The molecule has 0 aliphatic carbocycles. The minimum Gasteiger partial charge on any atom is -0.308 e. The minimum absolute atomic E-state index is 0.0292. The number of hydrogen-bond acceptors (Lipinski definition) is 4. The predicted molar refractivity (Wildman–Crippen MR) is 88.1 cm³/mol. The Kier molecular flexibility index (Phi) is 5.48. The second-order valence-electron chi connectivity index (χ2n) is 6.01. The lowest BCUT2D eigenvalue weighted by molar-refractivity contribution is 0.355. The Morgan fingerprint density at radius 2 is 2.24 bits per heavy atom. The molecule has 1 aliphatic heterocycles. The van der Waals surface area contributed by atoms with Crippen LogP contribution >= 0.6 is 15.9 Å². The maximum Gasteiger partial charge on any atom is 0.150 e. The second-order valence-corrected chi connectivity index (χ2v) is 9.09. The fourth-order valence-corrected chi connectivity index (χ4v) is 5.29. The van der Waals surface area contributed by atoms with E-state index in [2.05, 4.69) is 47.1 Å². The van der Waals surface area contributed by atoms with Crippen LogP contribution in [0, 0.1) is 5.92 Å². The number of nitrogens with one attached hydrogen (secondary N) is 1. The summed E-state index contributed by atoms with van der Waals surface area (Å²) >= 11 is 3.58. The van der Waals surface area contributed by atoms with Crippen molar-refractivity contribution in [3.63, 3.8) is 0 Å². The third kappa shape index (κ3) is 3.87. The molecule has 0 aromatic carbocycles. The maximum absolute atomic E-state index is 11.8. The maximum atomic E-state index is 11.8. The first-order chi connectivity index (χ1) is 9.85. The molecule has 5 nitrogen and oxygen atoms in total. The SMILES string of the molecule is CCCNC(c1c(Br)cnn1C(C)C)C1CCS(=O)(=O)C1. The quantitative estimate of drug-likeness (QED) is 0.827.